The van der Waals surface area contributed by atoms with Crippen LogP contribution in [0.25, 0.3) is 0 Å². The Balaban J connectivity index is 2.77. The predicted molar refractivity (Wildman–Crippen MR) is 58.1 cm³/mol. The van der Waals surface area contributed by atoms with Crippen molar-refractivity contribution in [3.8, 4) is 11.5 Å². The normalized spacial score (nSPS) is 12.3. The molecule has 0 radical (unpaired) electrons. The third-order valence-corrected chi connectivity index (χ3v) is 1.90. The van der Waals surface area contributed by atoms with Gasteiger partial charge in [0.2, 0.25) is 0 Å². The summed E-state index contributed by atoms with van der Waals surface area (Å²) in [4.78, 5) is 0. The molecule has 1 aromatic carbocycles. The Hall–Kier alpha value is -1.26. The number of benzene rings is 1. The molecule has 0 aromatic heterocycles. The van der Waals surface area contributed by atoms with Crippen molar-refractivity contribution in [3.63, 3.8) is 0 Å². The van der Waals surface area contributed by atoms with E-state index >= 15 is 0 Å². The Morgan fingerprint density at radius 3 is 2.53 bits per heavy atom. The summed E-state index contributed by atoms with van der Waals surface area (Å²) >= 11 is 0. The van der Waals surface area contributed by atoms with Crippen molar-refractivity contribution in [1.82, 2.24) is 0 Å². The topological polar surface area (TPSA) is 64.7 Å². The summed E-state index contributed by atoms with van der Waals surface area (Å²) in [6, 6.07) is 5.46. The summed E-state index contributed by atoms with van der Waals surface area (Å²) in [5.41, 5.74) is 6.48. The van der Waals surface area contributed by atoms with Crippen molar-refractivity contribution < 1.29 is 14.6 Å². The fraction of sp³-hybridized carbons (Fsp3) is 0.455. The Kier molecular flexibility index (Phi) is 4.39. The van der Waals surface area contributed by atoms with E-state index in [-0.39, 0.29) is 6.61 Å². The first kappa shape index (κ1) is 11.8. The van der Waals surface area contributed by atoms with Gasteiger partial charge in [-0.05, 0) is 24.6 Å². The Morgan fingerprint density at radius 2 is 2.00 bits per heavy atom. The molecule has 0 heterocycles. The molecule has 0 aliphatic rings. The van der Waals surface area contributed by atoms with Gasteiger partial charge in [0.15, 0.2) is 0 Å². The monoisotopic (exact) mass is 211 g/mol. The predicted octanol–water partition coefficient (Wildman–Crippen LogP) is 0.913. The fourth-order valence-electron chi connectivity index (χ4n) is 1.17. The van der Waals surface area contributed by atoms with Crippen LogP contribution in [0.2, 0.25) is 0 Å². The van der Waals surface area contributed by atoms with Crippen LogP contribution in [0.15, 0.2) is 18.2 Å². The molecule has 1 aromatic rings. The highest BCUT2D eigenvalue weighted by Crippen LogP contribution is 2.22. The first-order valence-electron chi connectivity index (χ1n) is 4.84. The van der Waals surface area contributed by atoms with Crippen molar-refractivity contribution >= 4 is 0 Å². The van der Waals surface area contributed by atoms with Gasteiger partial charge in [-0.3, -0.25) is 0 Å². The number of aliphatic hydroxyl groups is 1. The van der Waals surface area contributed by atoms with E-state index in [0.717, 1.165) is 5.56 Å². The highest BCUT2D eigenvalue weighted by atomic mass is 16.5. The zero-order valence-electron chi connectivity index (χ0n) is 9.06. The van der Waals surface area contributed by atoms with E-state index in [4.69, 9.17) is 20.3 Å². The zero-order valence-corrected chi connectivity index (χ0v) is 9.06. The summed E-state index contributed by atoms with van der Waals surface area (Å²) in [7, 11) is 1.59. The second kappa shape index (κ2) is 5.58. The minimum Gasteiger partial charge on any atom is -0.497 e. The SMILES string of the molecule is COc1cc(CN)cc(OCC(C)O)c1. The average molecular weight is 211 g/mol. The molecule has 0 saturated carbocycles. The van der Waals surface area contributed by atoms with Gasteiger partial charge < -0.3 is 20.3 Å². The molecule has 1 atom stereocenters. The molecule has 84 valence electrons. The average Bonchev–Trinajstić information content (AvgIpc) is 2.25. The smallest absolute Gasteiger partial charge is 0.123 e. The number of aliphatic hydroxyl groups excluding tert-OH is 1. The van der Waals surface area contributed by atoms with E-state index in [0.29, 0.717) is 18.0 Å². The van der Waals surface area contributed by atoms with Crippen LogP contribution in [-0.2, 0) is 6.54 Å². The van der Waals surface area contributed by atoms with Crippen LogP contribution in [0.3, 0.4) is 0 Å². The zero-order chi connectivity index (χ0) is 11.3. The molecular weight excluding hydrogens is 194 g/mol. The van der Waals surface area contributed by atoms with E-state index in [9.17, 15) is 0 Å². The molecule has 1 unspecified atom stereocenters. The van der Waals surface area contributed by atoms with Crippen molar-refractivity contribution in [2.75, 3.05) is 13.7 Å². The van der Waals surface area contributed by atoms with Crippen molar-refractivity contribution in [2.24, 2.45) is 5.73 Å². The number of ether oxygens (including phenoxy) is 2. The summed E-state index contributed by atoms with van der Waals surface area (Å²) in [5.74, 6) is 1.37. The second-order valence-electron chi connectivity index (χ2n) is 3.38. The lowest BCUT2D eigenvalue weighted by Gasteiger charge is -2.11. The van der Waals surface area contributed by atoms with Crippen LogP contribution < -0.4 is 15.2 Å². The summed E-state index contributed by atoms with van der Waals surface area (Å²) in [6.45, 7) is 2.36. The fourth-order valence-corrected chi connectivity index (χ4v) is 1.17. The van der Waals surface area contributed by atoms with Gasteiger partial charge in [-0.2, -0.15) is 0 Å². The maximum atomic E-state index is 9.09. The van der Waals surface area contributed by atoms with Crippen LogP contribution in [0.1, 0.15) is 12.5 Å². The van der Waals surface area contributed by atoms with E-state index in [2.05, 4.69) is 0 Å². The van der Waals surface area contributed by atoms with Gasteiger partial charge in [0.1, 0.15) is 18.1 Å². The molecule has 1 rings (SSSR count). The second-order valence-corrected chi connectivity index (χ2v) is 3.38. The first-order valence-corrected chi connectivity index (χ1v) is 4.84. The number of methoxy groups -OCH3 is 1. The van der Waals surface area contributed by atoms with Gasteiger partial charge in [0.25, 0.3) is 0 Å². The van der Waals surface area contributed by atoms with Crippen LogP contribution in [0.5, 0.6) is 11.5 Å². The van der Waals surface area contributed by atoms with Crippen LogP contribution >= 0.6 is 0 Å². The van der Waals surface area contributed by atoms with E-state index in [1.807, 2.05) is 12.1 Å². The van der Waals surface area contributed by atoms with Gasteiger partial charge in [-0.1, -0.05) is 0 Å². The van der Waals surface area contributed by atoms with Crippen molar-refractivity contribution in [1.29, 1.82) is 0 Å². The molecule has 4 nitrogen and oxygen atoms in total. The third-order valence-electron chi connectivity index (χ3n) is 1.90. The lowest BCUT2D eigenvalue weighted by Crippen LogP contribution is -2.13. The van der Waals surface area contributed by atoms with Crippen molar-refractivity contribution in [3.05, 3.63) is 23.8 Å². The molecule has 0 saturated heterocycles. The largest absolute Gasteiger partial charge is 0.497 e. The summed E-state index contributed by atoms with van der Waals surface area (Å²) in [5, 5.41) is 9.09. The van der Waals surface area contributed by atoms with Crippen LogP contribution in [-0.4, -0.2) is 24.9 Å². The molecule has 15 heavy (non-hydrogen) atoms. The van der Waals surface area contributed by atoms with Crippen LogP contribution in [0, 0.1) is 0 Å². The summed E-state index contributed by atoms with van der Waals surface area (Å²) in [6.07, 6.45) is -0.488. The van der Waals surface area contributed by atoms with Gasteiger partial charge >= 0.3 is 0 Å². The minimum absolute atomic E-state index is 0.261. The highest BCUT2D eigenvalue weighted by molar-refractivity contribution is 5.38. The Labute approximate surface area is 89.6 Å². The lowest BCUT2D eigenvalue weighted by molar-refractivity contribution is 0.122. The van der Waals surface area contributed by atoms with Crippen LogP contribution in [0.4, 0.5) is 0 Å². The molecule has 0 amide bonds. The van der Waals surface area contributed by atoms with Gasteiger partial charge in [0, 0.05) is 12.6 Å². The lowest BCUT2D eigenvalue weighted by atomic mass is 10.2. The molecule has 3 N–H and O–H groups in total. The molecule has 0 bridgehead atoms. The quantitative estimate of drug-likeness (QED) is 0.760. The molecular formula is C11H17NO3. The third kappa shape index (κ3) is 3.77. The van der Waals surface area contributed by atoms with Gasteiger partial charge in [-0.25, -0.2) is 0 Å². The Morgan fingerprint density at radius 1 is 1.33 bits per heavy atom. The molecule has 0 spiro atoms. The van der Waals surface area contributed by atoms with E-state index < -0.39 is 6.10 Å². The maximum Gasteiger partial charge on any atom is 0.123 e. The van der Waals surface area contributed by atoms with E-state index in [1.54, 1.807) is 20.1 Å². The number of rotatable bonds is 5. The maximum absolute atomic E-state index is 9.09. The molecule has 0 aliphatic heterocycles. The molecule has 0 aliphatic carbocycles. The first-order chi connectivity index (χ1) is 7.15. The van der Waals surface area contributed by atoms with Gasteiger partial charge in [0.05, 0.1) is 13.2 Å². The molecule has 4 heteroatoms. The van der Waals surface area contributed by atoms with E-state index in [1.165, 1.54) is 0 Å². The summed E-state index contributed by atoms with van der Waals surface area (Å²) < 4.78 is 10.5. The van der Waals surface area contributed by atoms with Gasteiger partial charge in [-0.15, -0.1) is 0 Å². The standard InChI is InChI=1S/C11H17NO3/c1-8(13)7-15-11-4-9(6-12)3-10(5-11)14-2/h3-5,8,13H,6-7,12H2,1-2H3. The van der Waals surface area contributed by atoms with Crippen molar-refractivity contribution in [2.45, 2.75) is 19.6 Å². The highest BCUT2D eigenvalue weighted by Gasteiger charge is 2.03. The number of hydrogen-bond donors (Lipinski definition) is 2. The number of hydrogen-bond acceptors (Lipinski definition) is 4. The minimum atomic E-state index is -0.488. The Bertz CT molecular complexity index is 290. The molecule has 0 fully saturated rings. The number of nitrogens with two attached hydrogens (primary N) is 1.